The summed E-state index contributed by atoms with van der Waals surface area (Å²) < 4.78 is 2.16. The minimum Gasteiger partial charge on any atom is -0.312 e. The molecule has 5 nitrogen and oxygen atoms in total. The fraction of sp³-hybridized carbons (Fsp3) is 0.364. The van der Waals surface area contributed by atoms with Crippen molar-refractivity contribution in [2.75, 3.05) is 6.54 Å². The van der Waals surface area contributed by atoms with Crippen molar-refractivity contribution >= 4 is 0 Å². The number of hydrogen-bond acceptors (Lipinski definition) is 4. The number of aryl methyl sites for hydroxylation is 1. The molecule has 16 heavy (non-hydrogen) atoms. The third-order valence-corrected chi connectivity index (χ3v) is 2.92. The average Bonchev–Trinajstić information content (AvgIpc) is 2.73. The number of rotatable bonds is 1. The van der Waals surface area contributed by atoms with Crippen LogP contribution in [0.3, 0.4) is 0 Å². The molecule has 82 valence electrons. The lowest BCUT2D eigenvalue weighted by Gasteiger charge is -2.24. The molecule has 1 atom stereocenters. The zero-order valence-electron chi connectivity index (χ0n) is 9.09. The molecular formula is C11H13N5. The maximum absolute atomic E-state index is 4.24. The van der Waals surface area contributed by atoms with Crippen LogP contribution in [-0.2, 0) is 6.54 Å². The van der Waals surface area contributed by atoms with Crippen LogP contribution in [0, 0.1) is 6.92 Å². The first kappa shape index (κ1) is 9.47. The molecule has 0 saturated carbocycles. The minimum atomic E-state index is 0.114. The van der Waals surface area contributed by atoms with E-state index in [2.05, 4.69) is 31.1 Å². The minimum absolute atomic E-state index is 0.114. The number of pyridine rings is 1. The van der Waals surface area contributed by atoms with Crippen LogP contribution in [0.2, 0.25) is 0 Å². The largest absolute Gasteiger partial charge is 0.312 e. The van der Waals surface area contributed by atoms with Gasteiger partial charge in [0.15, 0.2) is 5.82 Å². The molecule has 0 aromatic carbocycles. The Morgan fingerprint density at radius 1 is 1.44 bits per heavy atom. The summed E-state index contributed by atoms with van der Waals surface area (Å²) in [6.45, 7) is 3.86. The maximum atomic E-state index is 4.24. The zero-order chi connectivity index (χ0) is 11.0. The molecule has 0 amide bonds. The van der Waals surface area contributed by atoms with Gasteiger partial charge in [-0.05, 0) is 18.6 Å². The van der Waals surface area contributed by atoms with Gasteiger partial charge >= 0.3 is 0 Å². The molecule has 2 aromatic rings. The zero-order valence-corrected chi connectivity index (χ0v) is 9.09. The lowest BCUT2D eigenvalue weighted by molar-refractivity contribution is 0.450. The Morgan fingerprint density at radius 3 is 3.19 bits per heavy atom. The smallest absolute Gasteiger partial charge is 0.154 e. The highest BCUT2D eigenvalue weighted by molar-refractivity contribution is 5.23. The van der Waals surface area contributed by atoms with Crippen molar-refractivity contribution in [3.8, 4) is 0 Å². The van der Waals surface area contributed by atoms with Crippen LogP contribution >= 0.6 is 0 Å². The van der Waals surface area contributed by atoms with Crippen molar-refractivity contribution < 1.29 is 0 Å². The van der Waals surface area contributed by atoms with Crippen molar-refractivity contribution in [1.29, 1.82) is 0 Å². The van der Waals surface area contributed by atoms with E-state index in [1.54, 1.807) is 6.20 Å². The second kappa shape index (κ2) is 3.68. The first-order valence-corrected chi connectivity index (χ1v) is 5.39. The number of hydrogen-bond donors (Lipinski definition) is 1. The summed E-state index contributed by atoms with van der Waals surface area (Å²) in [6, 6.07) is 4.12. The molecule has 2 aromatic heterocycles. The molecular weight excluding hydrogens is 202 g/mol. The molecule has 1 N–H and O–H groups in total. The lowest BCUT2D eigenvalue weighted by atomic mass is 10.1. The van der Waals surface area contributed by atoms with E-state index in [1.165, 1.54) is 0 Å². The van der Waals surface area contributed by atoms with Gasteiger partial charge in [-0.25, -0.2) is 0 Å². The Kier molecular flexibility index (Phi) is 2.18. The highest BCUT2D eigenvalue weighted by atomic mass is 15.3. The van der Waals surface area contributed by atoms with Gasteiger partial charge in [0.25, 0.3) is 0 Å². The lowest BCUT2D eigenvalue weighted by Crippen LogP contribution is -2.34. The Balaban J connectivity index is 2.05. The van der Waals surface area contributed by atoms with Crippen LogP contribution in [0.4, 0.5) is 0 Å². The standard InChI is InChI=1S/C11H13N5/c1-8-14-15-11-10(13-5-6-16(8)11)9-3-2-4-12-7-9/h2-4,7,10,13H,5-6H2,1H3. The van der Waals surface area contributed by atoms with Crippen LogP contribution in [0.1, 0.15) is 23.3 Å². The summed E-state index contributed by atoms with van der Waals surface area (Å²) in [4.78, 5) is 4.14. The van der Waals surface area contributed by atoms with E-state index in [0.29, 0.717) is 0 Å². The number of nitrogens with one attached hydrogen (secondary N) is 1. The van der Waals surface area contributed by atoms with E-state index in [1.807, 2.05) is 19.2 Å². The van der Waals surface area contributed by atoms with Gasteiger partial charge in [0.1, 0.15) is 5.82 Å². The maximum Gasteiger partial charge on any atom is 0.154 e. The number of aromatic nitrogens is 4. The molecule has 0 spiro atoms. The predicted molar refractivity (Wildman–Crippen MR) is 58.8 cm³/mol. The fourth-order valence-corrected chi connectivity index (χ4v) is 2.11. The summed E-state index contributed by atoms with van der Waals surface area (Å²) in [7, 11) is 0. The summed E-state index contributed by atoms with van der Waals surface area (Å²) in [5.41, 5.74) is 1.14. The Hall–Kier alpha value is -1.75. The Labute approximate surface area is 93.5 Å². The van der Waals surface area contributed by atoms with Gasteiger partial charge < -0.3 is 9.88 Å². The van der Waals surface area contributed by atoms with Crippen molar-refractivity contribution in [1.82, 2.24) is 25.1 Å². The van der Waals surface area contributed by atoms with E-state index >= 15 is 0 Å². The molecule has 1 aliphatic heterocycles. The van der Waals surface area contributed by atoms with E-state index < -0.39 is 0 Å². The van der Waals surface area contributed by atoms with Crippen LogP contribution in [-0.4, -0.2) is 26.3 Å². The van der Waals surface area contributed by atoms with Gasteiger partial charge in [-0.1, -0.05) is 6.07 Å². The van der Waals surface area contributed by atoms with E-state index in [0.717, 1.165) is 30.3 Å². The third kappa shape index (κ3) is 1.40. The number of fused-ring (bicyclic) bond motifs is 1. The van der Waals surface area contributed by atoms with Crippen LogP contribution in [0.25, 0.3) is 0 Å². The van der Waals surface area contributed by atoms with Crippen molar-refractivity contribution in [2.45, 2.75) is 19.5 Å². The summed E-state index contributed by atoms with van der Waals surface area (Å²) >= 11 is 0. The Bertz CT molecular complexity index is 490. The molecule has 0 radical (unpaired) electrons. The monoisotopic (exact) mass is 215 g/mol. The summed E-state index contributed by atoms with van der Waals surface area (Å²) in [6.07, 6.45) is 3.65. The van der Waals surface area contributed by atoms with Gasteiger partial charge in [-0.3, -0.25) is 4.98 Å². The molecule has 1 unspecified atom stereocenters. The summed E-state index contributed by atoms with van der Waals surface area (Å²) in [5.74, 6) is 1.96. The molecule has 1 aliphatic rings. The highest BCUT2D eigenvalue weighted by Gasteiger charge is 2.24. The number of nitrogens with zero attached hydrogens (tertiary/aromatic N) is 4. The molecule has 0 fully saturated rings. The molecule has 0 saturated heterocycles. The fourth-order valence-electron chi connectivity index (χ4n) is 2.11. The van der Waals surface area contributed by atoms with E-state index in [9.17, 15) is 0 Å². The second-order valence-corrected chi connectivity index (χ2v) is 3.93. The molecule has 0 bridgehead atoms. The topological polar surface area (TPSA) is 55.6 Å². The van der Waals surface area contributed by atoms with E-state index in [-0.39, 0.29) is 6.04 Å². The van der Waals surface area contributed by atoms with Gasteiger partial charge in [-0.2, -0.15) is 0 Å². The highest BCUT2D eigenvalue weighted by Crippen LogP contribution is 2.22. The first-order chi connectivity index (χ1) is 7.86. The van der Waals surface area contributed by atoms with Gasteiger partial charge in [0.05, 0.1) is 6.04 Å². The van der Waals surface area contributed by atoms with Crippen LogP contribution in [0.15, 0.2) is 24.5 Å². The quantitative estimate of drug-likeness (QED) is 0.759. The normalized spacial score (nSPS) is 19.4. The SMILES string of the molecule is Cc1nnc2n1CCNC2c1cccnc1. The molecule has 0 aliphatic carbocycles. The first-order valence-electron chi connectivity index (χ1n) is 5.39. The molecule has 3 rings (SSSR count). The van der Waals surface area contributed by atoms with Gasteiger partial charge in [0, 0.05) is 25.5 Å². The third-order valence-electron chi connectivity index (χ3n) is 2.92. The Morgan fingerprint density at radius 2 is 2.38 bits per heavy atom. The van der Waals surface area contributed by atoms with Gasteiger partial charge in [-0.15, -0.1) is 10.2 Å². The average molecular weight is 215 g/mol. The predicted octanol–water partition coefficient (Wildman–Crippen LogP) is 0.674. The van der Waals surface area contributed by atoms with Crippen molar-refractivity contribution in [3.63, 3.8) is 0 Å². The van der Waals surface area contributed by atoms with Crippen molar-refractivity contribution in [2.24, 2.45) is 0 Å². The summed E-state index contributed by atoms with van der Waals surface area (Å²) in [5, 5.41) is 11.8. The molecule has 3 heterocycles. The van der Waals surface area contributed by atoms with Crippen molar-refractivity contribution in [3.05, 3.63) is 41.7 Å². The van der Waals surface area contributed by atoms with Gasteiger partial charge in [0.2, 0.25) is 0 Å². The second-order valence-electron chi connectivity index (χ2n) is 3.93. The van der Waals surface area contributed by atoms with E-state index in [4.69, 9.17) is 0 Å². The molecule has 5 heteroatoms. The van der Waals surface area contributed by atoms with Crippen LogP contribution in [0.5, 0.6) is 0 Å². The van der Waals surface area contributed by atoms with Crippen LogP contribution < -0.4 is 5.32 Å².